The first-order chi connectivity index (χ1) is 15.0. The van der Waals surface area contributed by atoms with Gasteiger partial charge in [0.25, 0.3) is 5.91 Å². The highest BCUT2D eigenvalue weighted by atomic mass is 127. The molecule has 1 aliphatic rings. The monoisotopic (exact) mass is 532 g/mol. The van der Waals surface area contributed by atoms with E-state index in [0.29, 0.717) is 43.9 Å². The molecule has 8 nitrogen and oxygen atoms in total. The maximum Gasteiger partial charge on any atom is 0.254 e. The van der Waals surface area contributed by atoms with Gasteiger partial charge in [-0.25, -0.2) is 9.97 Å². The molecule has 0 unspecified atom stereocenters. The number of aryl methyl sites for hydroxylation is 1. The molecule has 3 heterocycles. The van der Waals surface area contributed by atoms with E-state index in [1.165, 1.54) is 0 Å². The quantitative estimate of drug-likeness (QED) is 0.492. The van der Waals surface area contributed by atoms with Crippen LogP contribution in [0.1, 0.15) is 35.7 Å². The van der Waals surface area contributed by atoms with Crippen molar-refractivity contribution in [3.63, 3.8) is 0 Å². The lowest BCUT2D eigenvalue weighted by molar-refractivity contribution is -0.126. The first-order valence-corrected chi connectivity index (χ1v) is 11.5. The summed E-state index contributed by atoms with van der Waals surface area (Å²) < 4.78 is 2.97. The van der Waals surface area contributed by atoms with Crippen LogP contribution in [0.2, 0.25) is 0 Å². The number of amides is 2. The van der Waals surface area contributed by atoms with Gasteiger partial charge in [0.2, 0.25) is 5.91 Å². The van der Waals surface area contributed by atoms with Gasteiger partial charge < -0.3 is 15.5 Å². The van der Waals surface area contributed by atoms with Crippen molar-refractivity contribution in [2.24, 2.45) is 5.92 Å². The number of benzene rings is 1. The fourth-order valence-electron chi connectivity index (χ4n) is 3.93. The summed E-state index contributed by atoms with van der Waals surface area (Å²) >= 11 is 2.23. The Morgan fingerprint density at radius 1 is 1.23 bits per heavy atom. The van der Waals surface area contributed by atoms with Gasteiger partial charge in [0.15, 0.2) is 11.5 Å². The Bertz CT molecular complexity index is 1120. The van der Waals surface area contributed by atoms with E-state index in [9.17, 15) is 9.59 Å². The Hall–Kier alpha value is -2.69. The minimum atomic E-state index is -0.00221. The fraction of sp³-hybridized carbons (Fsp3) is 0.364. The van der Waals surface area contributed by atoms with Crippen LogP contribution in [0, 0.1) is 16.5 Å². The maximum absolute atomic E-state index is 13.0. The van der Waals surface area contributed by atoms with Gasteiger partial charge in [0.05, 0.1) is 6.20 Å². The molecule has 162 valence electrons. The van der Waals surface area contributed by atoms with Crippen molar-refractivity contribution < 1.29 is 9.59 Å². The Kier molecular flexibility index (Phi) is 6.40. The lowest BCUT2D eigenvalue weighted by atomic mass is 9.95. The molecule has 0 saturated carbocycles. The first kappa shape index (κ1) is 21.5. The number of imidazole rings is 1. The third-order valence-corrected chi connectivity index (χ3v) is 6.40. The number of piperidine rings is 1. The largest absolute Gasteiger partial charge is 0.356 e. The fourth-order valence-corrected chi connectivity index (χ4v) is 4.46. The Morgan fingerprint density at radius 3 is 2.71 bits per heavy atom. The summed E-state index contributed by atoms with van der Waals surface area (Å²) in [6, 6.07) is 5.69. The number of hydrogen-bond acceptors (Lipinski definition) is 5. The van der Waals surface area contributed by atoms with E-state index >= 15 is 0 Å². The molecule has 1 aromatic carbocycles. The van der Waals surface area contributed by atoms with Crippen molar-refractivity contribution in [2.45, 2.75) is 26.7 Å². The molecule has 1 fully saturated rings. The number of fused-ring (bicyclic) bond motifs is 1. The number of anilines is 2. The molecule has 0 atom stereocenters. The number of hydrogen-bond donors (Lipinski definition) is 2. The van der Waals surface area contributed by atoms with Crippen LogP contribution in [0.4, 0.5) is 11.5 Å². The summed E-state index contributed by atoms with van der Waals surface area (Å²) in [4.78, 5) is 35.8. The number of halogens is 1. The number of aromatic nitrogens is 3. The van der Waals surface area contributed by atoms with Crippen LogP contribution in [-0.4, -0.2) is 50.7 Å². The van der Waals surface area contributed by atoms with E-state index in [-0.39, 0.29) is 17.7 Å². The zero-order valence-corrected chi connectivity index (χ0v) is 19.7. The molecule has 2 aromatic heterocycles. The topological polar surface area (TPSA) is 91.6 Å². The van der Waals surface area contributed by atoms with Crippen LogP contribution in [0.15, 0.2) is 36.8 Å². The molecule has 1 saturated heterocycles. The molecule has 0 radical (unpaired) electrons. The van der Waals surface area contributed by atoms with E-state index in [0.717, 1.165) is 20.6 Å². The van der Waals surface area contributed by atoms with Gasteiger partial charge in [-0.1, -0.05) is 0 Å². The van der Waals surface area contributed by atoms with E-state index < -0.39 is 0 Å². The molecule has 4 rings (SSSR count). The second-order valence-corrected chi connectivity index (χ2v) is 8.77. The molecular weight excluding hydrogens is 507 g/mol. The minimum absolute atomic E-state index is 0.00221. The minimum Gasteiger partial charge on any atom is -0.356 e. The van der Waals surface area contributed by atoms with Crippen LogP contribution >= 0.6 is 22.6 Å². The van der Waals surface area contributed by atoms with Gasteiger partial charge >= 0.3 is 0 Å². The van der Waals surface area contributed by atoms with Gasteiger partial charge in [-0.15, -0.1) is 0 Å². The second-order valence-electron chi connectivity index (χ2n) is 7.67. The van der Waals surface area contributed by atoms with Crippen molar-refractivity contribution in [1.29, 1.82) is 0 Å². The van der Waals surface area contributed by atoms with Crippen LogP contribution in [-0.2, 0) is 4.79 Å². The van der Waals surface area contributed by atoms with Gasteiger partial charge in [-0.05, 0) is 73.0 Å². The number of likely N-dealkylation sites (tertiary alicyclic amines) is 1. The number of carbonyl (C=O) groups is 2. The summed E-state index contributed by atoms with van der Waals surface area (Å²) in [6.07, 6.45) is 6.81. The Morgan fingerprint density at radius 2 is 2.00 bits per heavy atom. The number of nitrogens with one attached hydrogen (secondary N) is 2. The highest BCUT2D eigenvalue weighted by Crippen LogP contribution is 2.25. The van der Waals surface area contributed by atoms with Crippen molar-refractivity contribution >= 4 is 51.6 Å². The first-order valence-electron chi connectivity index (χ1n) is 10.4. The van der Waals surface area contributed by atoms with Gasteiger partial charge in [0.1, 0.15) is 3.70 Å². The summed E-state index contributed by atoms with van der Waals surface area (Å²) in [6.45, 7) is 5.70. The van der Waals surface area contributed by atoms with Gasteiger partial charge in [0, 0.05) is 49.2 Å². The van der Waals surface area contributed by atoms with Crippen molar-refractivity contribution in [3.8, 4) is 0 Å². The number of carbonyl (C=O) groups excluding carboxylic acids is 2. The van der Waals surface area contributed by atoms with E-state index in [2.05, 4.69) is 43.2 Å². The predicted octanol–water partition coefficient (Wildman–Crippen LogP) is 3.37. The molecular formula is C22H25IN6O2. The lowest BCUT2D eigenvalue weighted by Crippen LogP contribution is -2.43. The number of nitrogens with zero attached hydrogens (tertiary/aromatic N) is 4. The van der Waals surface area contributed by atoms with Gasteiger partial charge in [-0.3, -0.25) is 14.0 Å². The second kappa shape index (κ2) is 9.21. The molecule has 9 heteroatoms. The van der Waals surface area contributed by atoms with Crippen molar-refractivity contribution in [1.82, 2.24) is 24.6 Å². The standard InChI is InChI=1S/C22H25IN6O2/c1-3-24-21(30)15-6-9-28(10-7-15)22(31)17-5-4-16(12-14(17)2)27-19-20-26-13-18(23)29(20)11-8-25-19/h4-5,8,11-13,15H,3,6-7,9-10H2,1-2H3,(H,24,30)(H,25,27). The van der Waals surface area contributed by atoms with E-state index in [4.69, 9.17) is 0 Å². The summed E-state index contributed by atoms with van der Waals surface area (Å²) in [7, 11) is 0. The van der Waals surface area contributed by atoms with E-state index in [1.54, 1.807) is 12.4 Å². The smallest absolute Gasteiger partial charge is 0.254 e. The average Bonchev–Trinajstić information content (AvgIpc) is 3.16. The third-order valence-electron chi connectivity index (χ3n) is 5.61. The van der Waals surface area contributed by atoms with Gasteiger partial charge in [-0.2, -0.15) is 0 Å². The molecule has 0 spiro atoms. The number of rotatable bonds is 5. The Balaban J connectivity index is 1.45. The zero-order chi connectivity index (χ0) is 22.0. The molecule has 2 N–H and O–H groups in total. The summed E-state index contributed by atoms with van der Waals surface area (Å²) in [5.74, 6) is 0.771. The van der Waals surface area contributed by atoms with Crippen molar-refractivity contribution in [2.75, 3.05) is 25.0 Å². The summed E-state index contributed by atoms with van der Waals surface area (Å²) in [5.41, 5.74) is 3.18. The lowest BCUT2D eigenvalue weighted by Gasteiger charge is -2.31. The molecule has 1 aliphatic heterocycles. The van der Waals surface area contributed by atoms with Crippen LogP contribution in [0.5, 0.6) is 0 Å². The SMILES string of the molecule is CCNC(=O)C1CCN(C(=O)c2ccc(Nc3nccn4c(I)cnc34)cc2C)CC1. The normalized spacial score (nSPS) is 14.6. The highest BCUT2D eigenvalue weighted by molar-refractivity contribution is 14.1. The van der Waals surface area contributed by atoms with Crippen LogP contribution in [0.3, 0.4) is 0 Å². The molecule has 0 bridgehead atoms. The van der Waals surface area contributed by atoms with Crippen LogP contribution < -0.4 is 10.6 Å². The van der Waals surface area contributed by atoms with Crippen molar-refractivity contribution in [3.05, 3.63) is 51.6 Å². The maximum atomic E-state index is 13.0. The zero-order valence-electron chi connectivity index (χ0n) is 17.6. The molecule has 2 amide bonds. The highest BCUT2D eigenvalue weighted by Gasteiger charge is 2.28. The summed E-state index contributed by atoms with van der Waals surface area (Å²) in [5, 5.41) is 6.19. The molecule has 0 aliphatic carbocycles. The third kappa shape index (κ3) is 4.51. The molecule has 31 heavy (non-hydrogen) atoms. The Labute approximate surface area is 194 Å². The predicted molar refractivity (Wildman–Crippen MR) is 127 cm³/mol. The average molecular weight is 532 g/mol. The van der Waals surface area contributed by atoms with E-state index in [1.807, 2.05) is 47.5 Å². The van der Waals surface area contributed by atoms with Crippen LogP contribution in [0.25, 0.3) is 5.65 Å². The molecule has 3 aromatic rings.